The van der Waals surface area contributed by atoms with Crippen LogP contribution in [-0.2, 0) is 10.0 Å². The Morgan fingerprint density at radius 2 is 2.13 bits per heavy atom. The molecule has 1 atom stereocenters. The number of hydrogen-bond acceptors (Lipinski definition) is 4. The Balaban J connectivity index is 2.79. The molecule has 1 aromatic rings. The second-order valence-electron chi connectivity index (χ2n) is 3.23. The number of hydrogen-bond donors (Lipinski definition) is 0. The van der Waals surface area contributed by atoms with Gasteiger partial charge in [-0.05, 0) is 13.0 Å². The highest BCUT2D eigenvalue weighted by atomic mass is 32.2. The van der Waals surface area contributed by atoms with Gasteiger partial charge >= 0.3 is 10.0 Å². The van der Waals surface area contributed by atoms with Crippen molar-refractivity contribution < 1.29 is 13.2 Å². The minimum Gasteiger partial charge on any atom is -0.495 e. The van der Waals surface area contributed by atoms with Crippen molar-refractivity contribution in [2.45, 2.75) is 17.9 Å². The van der Waals surface area contributed by atoms with E-state index in [0.717, 1.165) is 0 Å². The lowest BCUT2D eigenvalue weighted by Gasteiger charge is -2.17. The fourth-order valence-electron chi connectivity index (χ4n) is 1.53. The maximum absolute atomic E-state index is 11.7. The Kier molecular flexibility index (Phi) is 2.22. The predicted octanol–water partition coefficient (Wildman–Crippen LogP) is 1.91. The smallest absolute Gasteiger partial charge is 0.303 e. The van der Waals surface area contributed by atoms with Crippen LogP contribution in [0.1, 0.15) is 18.5 Å². The number of methoxy groups -OCH3 is 1. The second kappa shape index (κ2) is 3.30. The van der Waals surface area contributed by atoms with Gasteiger partial charge in [-0.3, -0.25) is 0 Å². The first kappa shape index (κ1) is 10.1. The molecule has 1 heterocycles. The van der Waals surface area contributed by atoms with Crippen LogP contribution in [0, 0.1) is 0 Å². The van der Waals surface area contributed by atoms with Crippen molar-refractivity contribution in [1.29, 1.82) is 0 Å². The van der Waals surface area contributed by atoms with Crippen molar-refractivity contribution in [3.05, 3.63) is 23.8 Å². The molecule has 0 bridgehead atoms. The SMILES string of the molecule is COc1cccc2c1S(=O)(=O)N=NC2C. The van der Waals surface area contributed by atoms with Gasteiger partial charge in [-0.1, -0.05) is 16.7 Å². The molecule has 0 saturated heterocycles. The zero-order chi connectivity index (χ0) is 11.1. The van der Waals surface area contributed by atoms with Gasteiger partial charge in [0.2, 0.25) is 0 Å². The summed E-state index contributed by atoms with van der Waals surface area (Å²) in [4.78, 5) is 0.134. The molecular formula is C9H10N2O3S. The minimum absolute atomic E-state index is 0.134. The number of rotatable bonds is 1. The molecule has 0 radical (unpaired) electrons. The zero-order valence-electron chi connectivity index (χ0n) is 8.34. The van der Waals surface area contributed by atoms with E-state index in [9.17, 15) is 8.42 Å². The lowest BCUT2D eigenvalue weighted by molar-refractivity contribution is 0.399. The van der Waals surface area contributed by atoms with Crippen LogP contribution >= 0.6 is 0 Å². The average molecular weight is 226 g/mol. The first-order valence-corrected chi connectivity index (χ1v) is 5.84. The molecule has 1 aliphatic heterocycles. The van der Waals surface area contributed by atoms with Crippen molar-refractivity contribution in [1.82, 2.24) is 0 Å². The number of fused-ring (bicyclic) bond motifs is 1. The first-order chi connectivity index (χ1) is 7.06. The minimum atomic E-state index is -3.68. The van der Waals surface area contributed by atoms with Gasteiger partial charge in [0, 0.05) is 5.56 Å². The van der Waals surface area contributed by atoms with Crippen molar-refractivity contribution in [2.75, 3.05) is 7.11 Å². The Bertz CT molecular complexity index is 522. The summed E-state index contributed by atoms with van der Waals surface area (Å²) in [6, 6.07) is 4.81. The lowest BCUT2D eigenvalue weighted by atomic mass is 10.1. The first-order valence-electron chi connectivity index (χ1n) is 4.40. The fraction of sp³-hybridized carbons (Fsp3) is 0.333. The second-order valence-corrected chi connectivity index (χ2v) is 4.75. The van der Waals surface area contributed by atoms with Crippen molar-refractivity contribution in [2.24, 2.45) is 9.63 Å². The topological polar surface area (TPSA) is 68.1 Å². The van der Waals surface area contributed by atoms with Crippen LogP contribution in [0.25, 0.3) is 0 Å². The van der Waals surface area contributed by atoms with E-state index >= 15 is 0 Å². The number of sulfonamides is 1. The van der Waals surface area contributed by atoms with Gasteiger partial charge in [-0.15, -0.1) is 0 Å². The highest BCUT2D eigenvalue weighted by molar-refractivity contribution is 7.90. The third-order valence-corrected chi connectivity index (χ3v) is 3.53. The molecule has 5 nitrogen and oxygen atoms in total. The summed E-state index contributed by atoms with van der Waals surface area (Å²) in [5, 5.41) is 3.68. The van der Waals surface area contributed by atoms with Gasteiger partial charge in [0.1, 0.15) is 10.6 Å². The molecule has 0 amide bonds. The molecule has 0 spiro atoms. The molecular weight excluding hydrogens is 216 g/mol. The fourth-order valence-corrected chi connectivity index (χ4v) is 2.82. The Morgan fingerprint density at radius 1 is 1.40 bits per heavy atom. The number of ether oxygens (including phenoxy) is 1. The third kappa shape index (κ3) is 1.50. The predicted molar refractivity (Wildman–Crippen MR) is 53.5 cm³/mol. The zero-order valence-corrected chi connectivity index (χ0v) is 9.15. The van der Waals surface area contributed by atoms with E-state index < -0.39 is 10.0 Å². The summed E-state index contributed by atoms with van der Waals surface area (Å²) in [6.45, 7) is 1.79. The van der Waals surface area contributed by atoms with E-state index in [1.54, 1.807) is 25.1 Å². The van der Waals surface area contributed by atoms with E-state index in [0.29, 0.717) is 11.3 Å². The summed E-state index contributed by atoms with van der Waals surface area (Å²) in [6.07, 6.45) is 0. The summed E-state index contributed by atoms with van der Waals surface area (Å²) in [7, 11) is -2.25. The van der Waals surface area contributed by atoms with Gasteiger partial charge in [0.25, 0.3) is 0 Å². The molecule has 0 fully saturated rings. The molecule has 0 saturated carbocycles. The largest absolute Gasteiger partial charge is 0.495 e. The van der Waals surface area contributed by atoms with Crippen molar-refractivity contribution in [3.63, 3.8) is 0 Å². The molecule has 1 unspecified atom stereocenters. The van der Waals surface area contributed by atoms with Crippen LogP contribution < -0.4 is 4.74 Å². The van der Waals surface area contributed by atoms with E-state index in [1.807, 2.05) is 0 Å². The molecule has 6 heteroatoms. The standard InChI is InChI=1S/C9H10N2O3S/c1-6-7-4-3-5-8(14-2)9(7)15(12,13)11-10-6/h3-6H,1-2H3. The normalized spacial score (nSPS) is 22.1. The van der Waals surface area contributed by atoms with Gasteiger partial charge in [-0.25, -0.2) is 0 Å². The molecule has 0 aliphatic carbocycles. The van der Waals surface area contributed by atoms with Crippen LogP contribution in [0.2, 0.25) is 0 Å². The van der Waals surface area contributed by atoms with Gasteiger partial charge < -0.3 is 4.74 Å². The third-order valence-electron chi connectivity index (χ3n) is 2.27. The Labute approximate surface area is 87.8 Å². The number of nitrogens with zero attached hydrogens (tertiary/aromatic N) is 2. The molecule has 0 aromatic heterocycles. The quantitative estimate of drug-likeness (QED) is 0.734. The molecule has 15 heavy (non-hydrogen) atoms. The lowest BCUT2D eigenvalue weighted by Crippen LogP contribution is -2.10. The maximum atomic E-state index is 11.7. The van der Waals surface area contributed by atoms with Crippen molar-refractivity contribution >= 4 is 10.0 Å². The van der Waals surface area contributed by atoms with Gasteiger partial charge in [0.05, 0.1) is 13.2 Å². The summed E-state index contributed by atoms with van der Waals surface area (Å²) in [5.41, 5.74) is 0.629. The molecule has 1 aliphatic rings. The van der Waals surface area contributed by atoms with Crippen LogP contribution in [0.4, 0.5) is 0 Å². The average Bonchev–Trinajstić information content (AvgIpc) is 2.23. The van der Waals surface area contributed by atoms with Crippen LogP contribution in [0.5, 0.6) is 5.75 Å². The molecule has 1 aromatic carbocycles. The summed E-state index contributed by atoms with van der Waals surface area (Å²) < 4.78 is 31.6. The maximum Gasteiger partial charge on any atom is 0.303 e. The Morgan fingerprint density at radius 3 is 2.80 bits per heavy atom. The summed E-state index contributed by atoms with van der Waals surface area (Å²) in [5.74, 6) is 0.318. The molecule has 80 valence electrons. The molecule has 2 rings (SSSR count). The van der Waals surface area contributed by atoms with Gasteiger partial charge in [-0.2, -0.15) is 13.5 Å². The highest BCUT2D eigenvalue weighted by Crippen LogP contribution is 2.37. The summed E-state index contributed by atoms with van der Waals surface area (Å²) >= 11 is 0. The van der Waals surface area contributed by atoms with Crippen molar-refractivity contribution in [3.8, 4) is 5.75 Å². The van der Waals surface area contributed by atoms with E-state index in [2.05, 4.69) is 9.63 Å². The van der Waals surface area contributed by atoms with Crippen LogP contribution in [-0.4, -0.2) is 15.5 Å². The molecule has 0 N–H and O–H groups in total. The van der Waals surface area contributed by atoms with Gasteiger partial charge in [0.15, 0.2) is 0 Å². The van der Waals surface area contributed by atoms with Crippen LogP contribution in [0.3, 0.4) is 0 Å². The highest BCUT2D eigenvalue weighted by Gasteiger charge is 2.29. The Hall–Kier alpha value is -1.43. The monoisotopic (exact) mass is 226 g/mol. The van der Waals surface area contributed by atoms with Crippen LogP contribution in [0.15, 0.2) is 32.7 Å². The van der Waals surface area contributed by atoms with E-state index in [4.69, 9.17) is 4.74 Å². The number of benzene rings is 1. The van der Waals surface area contributed by atoms with E-state index in [-0.39, 0.29) is 10.9 Å². The van der Waals surface area contributed by atoms with E-state index in [1.165, 1.54) is 7.11 Å².